The zero-order valence-corrected chi connectivity index (χ0v) is 5.67. The van der Waals surface area contributed by atoms with Crippen molar-refractivity contribution in [3.8, 4) is 0 Å². The van der Waals surface area contributed by atoms with Gasteiger partial charge >= 0.3 is 0 Å². The van der Waals surface area contributed by atoms with E-state index in [2.05, 4.69) is 5.32 Å². The summed E-state index contributed by atoms with van der Waals surface area (Å²) < 4.78 is 0. The topological polar surface area (TPSA) is 58.3 Å². The molecular weight excluding hydrogens is 116 g/mol. The van der Waals surface area contributed by atoms with E-state index in [-0.39, 0.29) is 12.1 Å². The Kier molecular flexibility index (Phi) is 2.05. The monoisotopic (exact) mass is 130 g/mol. The molecule has 1 aliphatic heterocycles. The second-order valence-corrected chi connectivity index (χ2v) is 2.79. The zero-order chi connectivity index (χ0) is 6.85. The second kappa shape index (κ2) is 2.64. The Labute approximate surface area is 55.2 Å². The van der Waals surface area contributed by atoms with Gasteiger partial charge in [0.25, 0.3) is 0 Å². The fourth-order valence-corrected chi connectivity index (χ4v) is 1.14. The minimum Gasteiger partial charge on any atom is -0.391 e. The van der Waals surface area contributed by atoms with Gasteiger partial charge in [-0.05, 0) is 5.92 Å². The van der Waals surface area contributed by atoms with Gasteiger partial charge in [0.2, 0.25) is 0 Å². The number of nitrogens with one attached hydrogen (secondary N) is 1. The van der Waals surface area contributed by atoms with Crippen LogP contribution in [-0.4, -0.2) is 30.3 Å². The predicted octanol–water partition coefficient (Wildman–Crippen LogP) is -1.09. The van der Waals surface area contributed by atoms with E-state index in [9.17, 15) is 5.11 Å². The van der Waals surface area contributed by atoms with Crippen LogP contribution in [0.2, 0.25) is 0 Å². The summed E-state index contributed by atoms with van der Waals surface area (Å²) in [6.07, 6.45) is -0.314. The average Bonchev–Trinajstić information content (AvgIpc) is 1.83. The molecule has 0 saturated carbocycles. The zero-order valence-electron chi connectivity index (χ0n) is 5.67. The SMILES string of the molecule is C[C@@H]1CNC[C@@H](N)[C@@H]1O. The number of nitrogens with two attached hydrogens (primary N) is 1. The van der Waals surface area contributed by atoms with Gasteiger partial charge in [0, 0.05) is 19.1 Å². The Bertz CT molecular complexity index is 87.1. The van der Waals surface area contributed by atoms with Crippen LogP contribution in [0, 0.1) is 5.92 Å². The standard InChI is InChI=1S/C6H14N2O/c1-4-2-8-3-5(7)6(4)9/h4-6,8-9H,2-3,7H2,1H3/t4-,5-,6-/m1/s1. The fourth-order valence-electron chi connectivity index (χ4n) is 1.14. The Morgan fingerprint density at radius 2 is 2.22 bits per heavy atom. The van der Waals surface area contributed by atoms with E-state index in [1.54, 1.807) is 0 Å². The summed E-state index contributed by atoms with van der Waals surface area (Å²) in [5.41, 5.74) is 5.56. The summed E-state index contributed by atoms with van der Waals surface area (Å²) in [5, 5.41) is 12.4. The van der Waals surface area contributed by atoms with Gasteiger partial charge < -0.3 is 16.2 Å². The molecule has 3 nitrogen and oxygen atoms in total. The molecule has 3 atom stereocenters. The molecule has 0 aromatic carbocycles. The third-order valence-electron chi connectivity index (χ3n) is 1.87. The predicted molar refractivity (Wildman–Crippen MR) is 36.0 cm³/mol. The van der Waals surface area contributed by atoms with Gasteiger partial charge in [0.1, 0.15) is 0 Å². The number of hydrogen-bond donors (Lipinski definition) is 3. The van der Waals surface area contributed by atoms with E-state index in [0.29, 0.717) is 5.92 Å². The van der Waals surface area contributed by atoms with Gasteiger partial charge in [-0.3, -0.25) is 0 Å². The van der Waals surface area contributed by atoms with Gasteiger partial charge in [-0.15, -0.1) is 0 Å². The number of hydrogen-bond acceptors (Lipinski definition) is 3. The maximum Gasteiger partial charge on any atom is 0.0741 e. The normalized spacial score (nSPS) is 45.0. The van der Waals surface area contributed by atoms with Crippen molar-refractivity contribution in [1.29, 1.82) is 0 Å². The molecule has 0 radical (unpaired) electrons. The van der Waals surface area contributed by atoms with Crippen molar-refractivity contribution >= 4 is 0 Å². The first-order valence-electron chi connectivity index (χ1n) is 3.36. The number of aliphatic hydroxyl groups is 1. The average molecular weight is 130 g/mol. The van der Waals surface area contributed by atoms with Crippen LogP contribution >= 0.6 is 0 Å². The van der Waals surface area contributed by atoms with E-state index in [1.807, 2.05) is 6.92 Å². The Morgan fingerprint density at radius 3 is 2.67 bits per heavy atom. The maximum atomic E-state index is 9.28. The Hall–Kier alpha value is -0.120. The maximum absolute atomic E-state index is 9.28. The molecule has 1 heterocycles. The number of aliphatic hydroxyl groups excluding tert-OH is 1. The Morgan fingerprint density at radius 1 is 1.56 bits per heavy atom. The van der Waals surface area contributed by atoms with Crippen molar-refractivity contribution in [2.24, 2.45) is 11.7 Å². The van der Waals surface area contributed by atoms with Crippen molar-refractivity contribution in [3.63, 3.8) is 0 Å². The lowest BCUT2D eigenvalue weighted by atomic mass is 9.95. The van der Waals surface area contributed by atoms with E-state index >= 15 is 0 Å². The first-order chi connectivity index (χ1) is 4.22. The van der Waals surface area contributed by atoms with Crippen molar-refractivity contribution in [3.05, 3.63) is 0 Å². The summed E-state index contributed by atoms with van der Waals surface area (Å²) in [6.45, 7) is 3.62. The molecule has 0 bridgehead atoms. The number of piperidine rings is 1. The molecule has 0 unspecified atom stereocenters. The lowest BCUT2D eigenvalue weighted by molar-refractivity contribution is 0.0694. The van der Waals surface area contributed by atoms with E-state index in [4.69, 9.17) is 5.73 Å². The summed E-state index contributed by atoms with van der Waals surface area (Å²) in [6, 6.07) is -0.0752. The van der Waals surface area contributed by atoms with Gasteiger partial charge in [0.05, 0.1) is 6.10 Å². The molecule has 9 heavy (non-hydrogen) atoms. The molecule has 1 fully saturated rings. The largest absolute Gasteiger partial charge is 0.391 e. The third-order valence-corrected chi connectivity index (χ3v) is 1.87. The Balaban J connectivity index is 2.41. The molecule has 1 aliphatic rings. The highest BCUT2D eigenvalue weighted by Gasteiger charge is 2.25. The van der Waals surface area contributed by atoms with Crippen LogP contribution in [0.1, 0.15) is 6.92 Å². The highest BCUT2D eigenvalue weighted by molar-refractivity contribution is 4.84. The van der Waals surface area contributed by atoms with E-state index in [0.717, 1.165) is 13.1 Å². The lowest BCUT2D eigenvalue weighted by Crippen LogP contribution is -2.53. The highest BCUT2D eigenvalue weighted by Crippen LogP contribution is 2.08. The molecule has 0 aliphatic carbocycles. The van der Waals surface area contributed by atoms with Gasteiger partial charge in [0.15, 0.2) is 0 Å². The van der Waals surface area contributed by atoms with Gasteiger partial charge in [-0.25, -0.2) is 0 Å². The molecule has 0 aromatic heterocycles. The van der Waals surface area contributed by atoms with E-state index < -0.39 is 0 Å². The van der Waals surface area contributed by atoms with Crippen LogP contribution in [0.4, 0.5) is 0 Å². The van der Waals surface area contributed by atoms with Gasteiger partial charge in [-0.1, -0.05) is 6.92 Å². The minimum absolute atomic E-state index is 0.0752. The van der Waals surface area contributed by atoms with Crippen LogP contribution in [0.3, 0.4) is 0 Å². The van der Waals surface area contributed by atoms with Crippen LogP contribution in [0.5, 0.6) is 0 Å². The first kappa shape index (κ1) is 6.99. The smallest absolute Gasteiger partial charge is 0.0741 e. The fraction of sp³-hybridized carbons (Fsp3) is 1.00. The summed E-state index contributed by atoms with van der Waals surface area (Å²) in [4.78, 5) is 0. The molecule has 3 heteroatoms. The van der Waals surface area contributed by atoms with E-state index in [1.165, 1.54) is 0 Å². The molecule has 1 rings (SSSR count). The number of rotatable bonds is 0. The second-order valence-electron chi connectivity index (χ2n) is 2.79. The van der Waals surface area contributed by atoms with Crippen molar-refractivity contribution in [1.82, 2.24) is 5.32 Å². The molecule has 1 saturated heterocycles. The summed E-state index contributed by atoms with van der Waals surface area (Å²) >= 11 is 0. The minimum atomic E-state index is -0.314. The van der Waals surface area contributed by atoms with Crippen molar-refractivity contribution in [2.75, 3.05) is 13.1 Å². The molecule has 0 amide bonds. The van der Waals surface area contributed by atoms with Crippen LogP contribution in [0.25, 0.3) is 0 Å². The summed E-state index contributed by atoms with van der Waals surface area (Å²) in [7, 11) is 0. The first-order valence-corrected chi connectivity index (χ1v) is 3.36. The van der Waals surface area contributed by atoms with Crippen molar-refractivity contribution < 1.29 is 5.11 Å². The lowest BCUT2D eigenvalue weighted by Gasteiger charge is -2.30. The van der Waals surface area contributed by atoms with Crippen LogP contribution < -0.4 is 11.1 Å². The van der Waals surface area contributed by atoms with Gasteiger partial charge in [-0.2, -0.15) is 0 Å². The molecule has 54 valence electrons. The molecule has 4 N–H and O–H groups in total. The highest BCUT2D eigenvalue weighted by atomic mass is 16.3. The summed E-state index contributed by atoms with van der Waals surface area (Å²) in [5.74, 6) is 0.300. The van der Waals surface area contributed by atoms with Crippen molar-refractivity contribution in [2.45, 2.75) is 19.1 Å². The van der Waals surface area contributed by atoms with Crippen LogP contribution in [0.15, 0.2) is 0 Å². The third kappa shape index (κ3) is 1.41. The molecule has 0 spiro atoms. The molecular formula is C6H14N2O. The molecule has 0 aromatic rings. The quantitative estimate of drug-likeness (QED) is 0.390. The van der Waals surface area contributed by atoms with Crippen LogP contribution in [-0.2, 0) is 0 Å².